The summed E-state index contributed by atoms with van der Waals surface area (Å²) < 4.78 is 30.9. The summed E-state index contributed by atoms with van der Waals surface area (Å²) in [5, 5.41) is 4.39. The van der Waals surface area contributed by atoms with Gasteiger partial charge in [-0.05, 0) is 49.9 Å². The molecule has 15 heteroatoms. The topological polar surface area (TPSA) is 199 Å². The van der Waals surface area contributed by atoms with Gasteiger partial charge in [0.25, 0.3) is 11.8 Å². The van der Waals surface area contributed by atoms with Crippen LogP contribution in [-0.2, 0) is 23.9 Å². The maximum absolute atomic E-state index is 13.9. The number of cyclic esters (lactones) is 2. The second kappa shape index (κ2) is 10.5. The summed E-state index contributed by atoms with van der Waals surface area (Å²) in [4.78, 5) is 93.0. The Balaban J connectivity index is 0.000000131. The van der Waals surface area contributed by atoms with Gasteiger partial charge in [-0.25, -0.2) is 18.4 Å². The van der Waals surface area contributed by atoms with Crippen LogP contribution in [-0.4, -0.2) is 64.4 Å². The molecule has 4 N–H and O–H groups in total. The number of hydrogen-bond donors (Lipinski definition) is 3. The first-order valence-electron chi connectivity index (χ1n) is 13.9. The number of esters is 2. The van der Waals surface area contributed by atoms with Crippen LogP contribution >= 0.6 is 0 Å². The molecule has 2 aromatic carbocycles. The van der Waals surface area contributed by atoms with Gasteiger partial charge in [0.2, 0.25) is 23.6 Å². The first-order valence-corrected chi connectivity index (χ1v) is 13.9. The maximum Gasteiger partial charge on any atom is 0.349 e. The predicted octanol–water partition coefficient (Wildman–Crippen LogP) is 0.894. The van der Waals surface area contributed by atoms with E-state index < -0.39 is 64.7 Å². The normalized spacial score (nSPS) is 24.6. The Kier molecular flexibility index (Phi) is 6.95. The van der Waals surface area contributed by atoms with Gasteiger partial charge in [-0.2, -0.15) is 0 Å². The second-order valence-corrected chi connectivity index (χ2v) is 11.8. The van der Waals surface area contributed by atoms with Gasteiger partial charge in [0.1, 0.15) is 23.2 Å². The van der Waals surface area contributed by atoms with Crippen LogP contribution in [0.4, 0.5) is 8.78 Å². The first-order chi connectivity index (χ1) is 21.3. The van der Waals surface area contributed by atoms with Crippen LogP contribution in [0.5, 0.6) is 0 Å². The Morgan fingerprint density at radius 3 is 1.78 bits per heavy atom. The zero-order chi connectivity index (χ0) is 32.4. The summed E-state index contributed by atoms with van der Waals surface area (Å²) in [6, 6.07) is 6.13. The van der Waals surface area contributed by atoms with E-state index in [2.05, 4.69) is 15.4 Å². The molecule has 4 fully saturated rings. The first kappa shape index (κ1) is 29.9. The number of nitrogens with two attached hydrogens (primary N) is 1. The Morgan fingerprint density at radius 1 is 0.689 bits per heavy atom. The van der Waals surface area contributed by atoms with Crippen molar-refractivity contribution in [2.75, 3.05) is 0 Å². The zero-order valence-electron chi connectivity index (χ0n) is 23.3. The molecule has 0 bridgehead atoms. The monoisotopic (exact) mass is 622 g/mol. The fourth-order valence-corrected chi connectivity index (χ4v) is 6.15. The summed E-state index contributed by atoms with van der Waals surface area (Å²) in [6.07, 6.45) is 3.55. The molecule has 2 aromatic rings. The van der Waals surface area contributed by atoms with E-state index in [0.29, 0.717) is 19.3 Å². The minimum absolute atomic E-state index is 0.000000000000000444. The Hall–Kier alpha value is -5.18. The summed E-state index contributed by atoms with van der Waals surface area (Å²) in [7, 11) is 0. The fraction of sp³-hybridized carbons (Fsp3) is 0.333. The van der Waals surface area contributed by atoms with E-state index in [9.17, 15) is 47.1 Å². The SMILES string of the molecule is NC1C(=O)NC(=O)CC12CC2.O=C1CC2(CC2)C(N2C(=O)c3cccc(F)c3C2=O)C(=O)N1.O=C1OC(=O)c2c(F)cccc21. The number of piperidine rings is 2. The van der Waals surface area contributed by atoms with Crippen LogP contribution in [0.3, 0.4) is 0 Å². The summed E-state index contributed by atoms with van der Waals surface area (Å²) in [6.45, 7) is 0. The Morgan fingerprint density at radius 2 is 1.22 bits per heavy atom. The number of carbonyl (C=O) groups excluding carboxylic acids is 8. The van der Waals surface area contributed by atoms with Gasteiger partial charge in [-0.1, -0.05) is 12.1 Å². The summed E-state index contributed by atoms with van der Waals surface area (Å²) >= 11 is 0. The fourth-order valence-electron chi connectivity index (χ4n) is 6.15. The molecule has 4 aliphatic heterocycles. The molecule has 13 nitrogen and oxygen atoms in total. The largest absolute Gasteiger partial charge is 0.386 e. The standard InChI is InChI=1S/C15H11FN2O4.C8H3FO3.C7H10N2O2/c16-8-3-1-2-7-10(8)14(22)18(13(7)21)11-12(20)17-9(19)6-15(11)4-5-15;9-5-3-1-2-4-6(5)8(11)12-7(4)10;8-5-6(11)9-4(10)3-7(5)1-2-7/h1-3,11H,4-6H2,(H,17,19,20);1-3H;5H,1-3,8H2,(H,9,10,11). The average molecular weight is 623 g/mol. The third kappa shape index (κ3) is 4.98. The molecule has 6 aliphatic rings. The van der Waals surface area contributed by atoms with E-state index in [4.69, 9.17) is 5.73 Å². The molecular weight excluding hydrogens is 598 g/mol. The molecule has 2 saturated carbocycles. The van der Waals surface area contributed by atoms with E-state index in [1.165, 1.54) is 24.3 Å². The van der Waals surface area contributed by atoms with Crippen LogP contribution < -0.4 is 16.4 Å². The quantitative estimate of drug-likeness (QED) is 0.233. The van der Waals surface area contributed by atoms with Crippen molar-refractivity contribution in [3.63, 3.8) is 0 Å². The number of nitrogens with one attached hydrogen (secondary N) is 2. The number of benzene rings is 2. The molecule has 2 aliphatic carbocycles. The van der Waals surface area contributed by atoms with Gasteiger partial charge in [0.15, 0.2) is 0 Å². The van der Waals surface area contributed by atoms with Crippen molar-refractivity contribution in [3.05, 3.63) is 70.3 Å². The number of imide groups is 3. The van der Waals surface area contributed by atoms with Gasteiger partial charge < -0.3 is 10.5 Å². The molecule has 45 heavy (non-hydrogen) atoms. The van der Waals surface area contributed by atoms with E-state index in [-0.39, 0.29) is 45.9 Å². The number of hydrogen-bond acceptors (Lipinski definition) is 10. The highest BCUT2D eigenvalue weighted by Crippen LogP contribution is 2.56. The van der Waals surface area contributed by atoms with E-state index >= 15 is 0 Å². The van der Waals surface area contributed by atoms with Crippen molar-refractivity contribution in [2.24, 2.45) is 16.6 Å². The lowest BCUT2D eigenvalue weighted by Gasteiger charge is -2.35. The highest BCUT2D eigenvalue weighted by atomic mass is 19.1. The van der Waals surface area contributed by atoms with E-state index in [1.54, 1.807) is 0 Å². The van der Waals surface area contributed by atoms with Crippen LogP contribution in [0.15, 0.2) is 36.4 Å². The van der Waals surface area contributed by atoms with Crippen LogP contribution in [0.25, 0.3) is 0 Å². The summed E-state index contributed by atoms with van der Waals surface area (Å²) in [5.74, 6) is -6.22. The number of fused-ring (bicyclic) bond motifs is 2. The third-order valence-electron chi connectivity index (χ3n) is 8.88. The molecular formula is C30H24F2N4O9. The molecule has 4 heterocycles. The number of nitrogens with zero attached hydrogens (tertiary/aromatic N) is 1. The van der Waals surface area contributed by atoms with Crippen molar-refractivity contribution < 1.29 is 51.9 Å². The second-order valence-electron chi connectivity index (χ2n) is 11.8. The van der Waals surface area contributed by atoms with E-state index in [1.807, 2.05) is 0 Å². The van der Waals surface area contributed by atoms with Crippen molar-refractivity contribution >= 4 is 47.4 Å². The zero-order valence-corrected chi connectivity index (χ0v) is 23.3. The van der Waals surface area contributed by atoms with Crippen molar-refractivity contribution in [1.29, 1.82) is 0 Å². The molecule has 2 atom stereocenters. The smallest absolute Gasteiger partial charge is 0.349 e. The summed E-state index contributed by atoms with van der Waals surface area (Å²) in [5.41, 5.74) is 4.19. The number of halogens is 2. The molecule has 2 unspecified atom stereocenters. The lowest BCUT2D eigenvalue weighted by molar-refractivity contribution is -0.140. The van der Waals surface area contributed by atoms with Gasteiger partial charge >= 0.3 is 11.9 Å². The number of carbonyl (C=O) groups is 8. The Labute approximate surface area is 252 Å². The minimum Gasteiger partial charge on any atom is -0.386 e. The van der Waals surface area contributed by atoms with Crippen molar-refractivity contribution in [1.82, 2.24) is 15.5 Å². The number of rotatable bonds is 1. The molecule has 6 amide bonds. The van der Waals surface area contributed by atoms with Crippen LogP contribution in [0.1, 0.15) is 80.0 Å². The van der Waals surface area contributed by atoms with Crippen LogP contribution in [0, 0.1) is 22.5 Å². The van der Waals surface area contributed by atoms with Crippen molar-refractivity contribution in [3.8, 4) is 0 Å². The van der Waals surface area contributed by atoms with Gasteiger partial charge in [-0.3, -0.25) is 44.3 Å². The number of amides is 6. The molecule has 232 valence electrons. The Bertz CT molecular complexity index is 1770. The van der Waals surface area contributed by atoms with Gasteiger partial charge in [0, 0.05) is 23.7 Å². The highest BCUT2D eigenvalue weighted by Gasteiger charge is 2.62. The molecule has 2 saturated heterocycles. The molecule has 8 rings (SSSR count). The lowest BCUT2D eigenvalue weighted by Crippen LogP contribution is -2.59. The molecule has 0 aromatic heterocycles. The lowest BCUT2D eigenvalue weighted by atomic mass is 9.87. The maximum atomic E-state index is 13.9. The minimum atomic E-state index is -1.04. The number of ether oxygens (including phenoxy) is 1. The average Bonchev–Trinajstić information content (AvgIpc) is 3.88. The molecule has 0 radical (unpaired) electrons. The third-order valence-corrected chi connectivity index (χ3v) is 8.88. The highest BCUT2D eigenvalue weighted by molar-refractivity contribution is 6.23. The van der Waals surface area contributed by atoms with E-state index in [0.717, 1.165) is 29.9 Å². The van der Waals surface area contributed by atoms with Gasteiger partial charge in [0.05, 0.1) is 22.7 Å². The van der Waals surface area contributed by atoms with Gasteiger partial charge in [-0.15, -0.1) is 0 Å². The van der Waals surface area contributed by atoms with Crippen LogP contribution in [0.2, 0.25) is 0 Å². The molecule has 2 spiro atoms. The van der Waals surface area contributed by atoms with Crippen molar-refractivity contribution in [2.45, 2.75) is 50.6 Å². The predicted molar refractivity (Wildman–Crippen MR) is 144 cm³/mol.